The number of ketones is 1. The molecule has 2 nitrogen and oxygen atoms in total. The van der Waals surface area contributed by atoms with E-state index in [0.29, 0.717) is 0 Å². The van der Waals surface area contributed by atoms with Gasteiger partial charge in [-0.1, -0.05) is 40.0 Å². The highest BCUT2D eigenvalue weighted by atomic mass is 16.1. The number of unbranched alkanes of at least 4 members (excludes halogenated alkanes) is 2. The summed E-state index contributed by atoms with van der Waals surface area (Å²) in [4.78, 5) is 11.3. The van der Waals surface area contributed by atoms with Gasteiger partial charge in [-0.2, -0.15) is 0 Å². The van der Waals surface area contributed by atoms with Crippen LogP contribution in [-0.4, -0.2) is 12.3 Å². The summed E-state index contributed by atoms with van der Waals surface area (Å²) < 4.78 is 0. The zero-order valence-corrected chi connectivity index (χ0v) is 8.52. The third kappa shape index (κ3) is 3.86. The molecule has 0 bridgehead atoms. The van der Waals surface area contributed by atoms with E-state index in [-0.39, 0.29) is 17.7 Å². The van der Waals surface area contributed by atoms with Crippen molar-refractivity contribution in [3.63, 3.8) is 0 Å². The Labute approximate surface area is 75.5 Å². The molecule has 0 aliphatic rings. The number of hydrogen-bond donors (Lipinski definition) is 1. The molecule has 0 aliphatic heterocycles. The van der Waals surface area contributed by atoms with Gasteiger partial charge in [0, 0.05) is 5.41 Å². The predicted molar refractivity (Wildman–Crippen MR) is 52.0 cm³/mol. The molecule has 0 saturated carbocycles. The lowest BCUT2D eigenvalue weighted by Crippen LogP contribution is -2.30. The van der Waals surface area contributed by atoms with Crippen LogP contribution in [-0.2, 0) is 4.79 Å². The molecule has 2 N–H and O–H groups in total. The molecule has 0 aromatic carbocycles. The van der Waals surface area contributed by atoms with E-state index in [9.17, 15) is 4.79 Å². The quantitative estimate of drug-likeness (QED) is 0.622. The molecular formula is C10H21NO. The molecule has 0 aromatic rings. The van der Waals surface area contributed by atoms with Crippen molar-refractivity contribution < 1.29 is 4.79 Å². The van der Waals surface area contributed by atoms with Gasteiger partial charge in [0.2, 0.25) is 0 Å². The predicted octanol–water partition coefficient (Wildman–Crippen LogP) is 2.12. The second-order valence-electron chi connectivity index (χ2n) is 3.97. The summed E-state index contributed by atoms with van der Waals surface area (Å²) in [6, 6.07) is 0. The van der Waals surface area contributed by atoms with Crippen molar-refractivity contribution in [3.05, 3.63) is 0 Å². The summed E-state index contributed by atoms with van der Waals surface area (Å²) in [6.07, 6.45) is 4.51. The second-order valence-corrected chi connectivity index (χ2v) is 3.97. The molecule has 0 fully saturated rings. The third-order valence-electron chi connectivity index (χ3n) is 2.35. The van der Waals surface area contributed by atoms with Gasteiger partial charge in [-0.3, -0.25) is 4.79 Å². The number of Topliss-reactive ketones (excluding diaryl/α,β-unsaturated/α-hetero) is 1. The van der Waals surface area contributed by atoms with E-state index in [4.69, 9.17) is 5.73 Å². The second kappa shape index (κ2) is 5.31. The maximum absolute atomic E-state index is 11.3. The van der Waals surface area contributed by atoms with Crippen molar-refractivity contribution in [3.8, 4) is 0 Å². The number of rotatable bonds is 6. The van der Waals surface area contributed by atoms with Gasteiger partial charge < -0.3 is 5.73 Å². The summed E-state index contributed by atoms with van der Waals surface area (Å²) >= 11 is 0. The molecule has 0 heterocycles. The van der Waals surface area contributed by atoms with E-state index >= 15 is 0 Å². The van der Waals surface area contributed by atoms with Gasteiger partial charge in [0.15, 0.2) is 5.78 Å². The van der Waals surface area contributed by atoms with Crippen molar-refractivity contribution in [1.29, 1.82) is 0 Å². The first-order chi connectivity index (χ1) is 5.54. The lowest BCUT2D eigenvalue weighted by atomic mass is 9.82. The Morgan fingerprint density at radius 3 is 2.33 bits per heavy atom. The van der Waals surface area contributed by atoms with Crippen LogP contribution in [0, 0.1) is 5.41 Å². The molecule has 0 amide bonds. The van der Waals surface area contributed by atoms with E-state index in [0.717, 1.165) is 12.8 Å². The number of nitrogens with two attached hydrogens (primary N) is 1. The SMILES string of the molecule is CCCCCC(C)(C)C(=O)CN. The molecule has 0 unspecified atom stereocenters. The number of carbonyl (C=O) groups is 1. The van der Waals surface area contributed by atoms with Crippen LogP contribution in [0.4, 0.5) is 0 Å². The average Bonchev–Trinajstić information content (AvgIpc) is 2.03. The van der Waals surface area contributed by atoms with Crippen LogP contribution in [0.25, 0.3) is 0 Å². The smallest absolute Gasteiger partial charge is 0.151 e. The molecule has 0 saturated heterocycles. The van der Waals surface area contributed by atoms with E-state index in [2.05, 4.69) is 6.92 Å². The van der Waals surface area contributed by atoms with Crippen LogP contribution in [0.5, 0.6) is 0 Å². The molecule has 72 valence electrons. The Morgan fingerprint density at radius 2 is 1.92 bits per heavy atom. The summed E-state index contributed by atoms with van der Waals surface area (Å²) in [5.74, 6) is 0.179. The van der Waals surface area contributed by atoms with Crippen LogP contribution in [0.1, 0.15) is 46.5 Å². The molecule has 0 spiro atoms. The summed E-state index contributed by atoms with van der Waals surface area (Å²) in [6.45, 7) is 6.31. The number of hydrogen-bond acceptors (Lipinski definition) is 2. The molecule has 0 radical (unpaired) electrons. The van der Waals surface area contributed by atoms with Crippen LogP contribution < -0.4 is 5.73 Å². The minimum atomic E-state index is -0.204. The van der Waals surface area contributed by atoms with Crippen molar-refractivity contribution in [2.75, 3.05) is 6.54 Å². The fraction of sp³-hybridized carbons (Fsp3) is 0.900. The Kier molecular flexibility index (Phi) is 5.14. The van der Waals surface area contributed by atoms with Crippen molar-refractivity contribution in [1.82, 2.24) is 0 Å². The molecule has 0 aromatic heterocycles. The van der Waals surface area contributed by atoms with Gasteiger partial charge in [-0.05, 0) is 6.42 Å². The topological polar surface area (TPSA) is 43.1 Å². The van der Waals surface area contributed by atoms with Crippen LogP contribution in [0.15, 0.2) is 0 Å². The van der Waals surface area contributed by atoms with E-state index in [1.165, 1.54) is 12.8 Å². The Morgan fingerprint density at radius 1 is 1.33 bits per heavy atom. The lowest BCUT2D eigenvalue weighted by molar-refractivity contribution is -0.126. The van der Waals surface area contributed by atoms with Gasteiger partial charge in [0.05, 0.1) is 6.54 Å². The third-order valence-corrected chi connectivity index (χ3v) is 2.35. The molecular weight excluding hydrogens is 150 g/mol. The Hall–Kier alpha value is -0.370. The van der Waals surface area contributed by atoms with Crippen molar-refractivity contribution in [2.24, 2.45) is 11.1 Å². The van der Waals surface area contributed by atoms with Gasteiger partial charge >= 0.3 is 0 Å². The maximum atomic E-state index is 11.3. The van der Waals surface area contributed by atoms with Gasteiger partial charge in [0.25, 0.3) is 0 Å². The standard InChI is InChI=1S/C10H21NO/c1-4-5-6-7-10(2,3)9(12)8-11/h4-8,11H2,1-3H3. The van der Waals surface area contributed by atoms with E-state index in [1.54, 1.807) is 0 Å². The molecule has 2 heteroatoms. The summed E-state index contributed by atoms with van der Waals surface area (Å²) in [5.41, 5.74) is 5.11. The summed E-state index contributed by atoms with van der Waals surface area (Å²) in [7, 11) is 0. The van der Waals surface area contributed by atoms with Crippen LogP contribution in [0.2, 0.25) is 0 Å². The first-order valence-corrected chi connectivity index (χ1v) is 4.78. The highest BCUT2D eigenvalue weighted by Gasteiger charge is 2.24. The Balaban J connectivity index is 3.78. The molecule has 0 atom stereocenters. The lowest BCUT2D eigenvalue weighted by Gasteiger charge is -2.21. The minimum Gasteiger partial charge on any atom is -0.324 e. The van der Waals surface area contributed by atoms with Gasteiger partial charge in [-0.15, -0.1) is 0 Å². The zero-order valence-electron chi connectivity index (χ0n) is 8.52. The molecule has 12 heavy (non-hydrogen) atoms. The fourth-order valence-electron chi connectivity index (χ4n) is 1.23. The van der Waals surface area contributed by atoms with Crippen LogP contribution >= 0.6 is 0 Å². The fourth-order valence-corrected chi connectivity index (χ4v) is 1.23. The first kappa shape index (κ1) is 11.6. The zero-order chi connectivity index (χ0) is 9.61. The maximum Gasteiger partial charge on any atom is 0.151 e. The Bertz CT molecular complexity index is 141. The largest absolute Gasteiger partial charge is 0.324 e. The summed E-state index contributed by atoms with van der Waals surface area (Å²) in [5, 5.41) is 0. The van der Waals surface area contributed by atoms with E-state index < -0.39 is 0 Å². The molecule has 0 aliphatic carbocycles. The van der Waals surface area contributed by atoms with Crippen molar-refractivity contribution >= 4 is 5.78 Å². The molecule has 0 rings (SSSR count). The minimum absolute atomic E-state index is 0.179. The monoisotopic (exact) mass is 171 g/mol. The van der Waals surface area contributed by atoms with Gasteiger partial charge in [-0.25, -0.2) is 0 Å². The van der Waals surface area contributed by atoms with Gasteiger partial charge in [0.1, 0.15) is 0 Å². The highest BCUT2D eigenvalue weighted by molar-refractivity contribution is 5.85. The van der Waals surface area contributed by atoms with Crippen molar-refractivity contribution in [2.45, 2.75) is 46.5 Å². The number of carbonyl (C=O) groups excluding carboxylic acids is 1. The van der Waals surface area contributed by atoms with Crippen LogP contribution in [0.3, 0.4) is 0 Å². The average molecular weight is 171 g/mol. The normalized spacial score (nSPS) is 11.7. The van der Waals surface area contributed by atoms with E-state index in [1.807, 2.05) is 13.8 Å². The first-order valence-electron chi connectivity index (χ1n) is 4.78. The highest BCUT2D eigenvalue weighted by Crippen LogP contribution is 2.24.